The maximum atomic E-state index is 13.6. The van der Waals surface area contributed by atoms with Gasteiger partial charge in [-0.05, 0) is 24.6 Å². The molecule has 0 aliphatic heterocycles. The van der Waals surface area contributed by atoms with E-state index in [1.807, 2.05) is 0 Å². The minimum Gasteiger partial charge on any atom is -0.490 e. The van der Waals surface area contributed by atoms with E-state index in [-0.39, 0.29) is 41.7 Å². The Morgan fingerprint density at radius 3 is 2.75 bits per heavy atom. The second kappa shape index (κ2) is 7.09. The van der Waals surface area contributed by atoms with Crippen LogP contribution in [0.3, 0.4) is 0 Å². The summed E-state index contributed by atoms with van der Waals surface area (Å²) in [5, 5.41) is 11.2. The van der Waals surface area contributed by atoms with Crippen LogP contribution in [0.25, 0.3) is 0 Å². The summed E-state index contributed by atoms with van der Waals surface area (Å²) in [7, 11) is -3.04. The third kappa shape index (κ3) is 4.69. The maximum Gasteiger partial charge on any atom is 0.170 e. The average Bonchev–Trinajstić information content (AvgIpc) is 2.44. The highest BCUT2D eigenvalue weighted by atomic mass is 32.2. The minimum absolute atomic E-state index is 0.00612. The molecular weight excluding hydrogens is 287 g/mol. The smallest absolute Gasteiger partial charge is 0.170 e. The van der Waals surface area contributed by atoms with E-state index in [4.69, 9.17) is 15.7 Å². The summed E-state index contributed by atoms with van der Waals surface area (Å²) in [4.78, 5) is 0. The molecule has 1 rings (SSSR count). The van der Waals surface area contributed by atoms with Gasteiger partial charge in [0.25, 0.3) is 0 Å². The highest BCUT2D eigenvalue weighted by molar-refractivity contribution is 7.91. The van der Waals surface area contributed by atoms with E-state index in [0.717, 1.165) is 6.07 Å². The monoisotopic (exact) mass is 304 g/mol. The lowest BCUT2D eigenvalue weighted by molar-refractivity contribution is 0.301. The molecule has 0 atom stereocenters. The lowest BCUT2D eigenvalue weighted by Gasteiger charge is -2.08. The third-order valence-electron chi connectivity index (χ3n) is 2.63. The summed E-state index contributed by atoms with van der Waals surface area (Å²) in [5.74, 6) is -0.784. The van der Waals surface area contributed by atoms with Crippen LogP contribution in [0.5, 0.6) is 5.75 Å². The first-order valence-electron chi connectivity index (χ1n) is 6.00. The molecule has 0 saturated heterocycles. The Bertz CT molecular complexity index is 587. The Balaban J connectivity index is 2.58. The third-order valence-corrected chi connectivity index (χ3v) is 4.42. The van der Waals surface area contributed by atoms with Gasteiger partial charge in [-0.25, -0.2) is 12.8 Å². The molecule has 0 radical (unpaired) electrons. The van der Waals surface area contributed by atoms with E-state index in [0.29, 0.717) is 0 Å². The lowest BCUT2D eigenvalue weighted by atomic mass is 10.2. The zero-order valence-electron chi connectivity index (χ0n) is 11.0. The summed E-state index contributed by atoms with van der Waals surface area (Å²) in [5.41, 5.74) is 5.55. The molecule has 112 valence electrons. The van der Waals surface area contributed by atoms with Gasteiger partial charge in [-0.1, -0.05) is 12.1 Å². The number of ether oxygens (including phenoxy) is 1. The summed E-state index contributed by atoms with van der Waals surface area (Å²) >= 11 is 0. The van der Waals surface area contributed by atoms with Crippen LogP contribution in [-0.2, 0) is 9.84 Å². The van der Waals surface area contributed by atoms with Gasteiger partial charge in [0, 0.05) is 11.3 Å². The molecule has 0 spiro atoms. The summed E-state index contributed by atoms with van der Waals surface area (Å²) < 4.78 is 41.3. The average molecular weight is 304 g/mol. The second-order valence-corrected chi connectivity index (χ2v) is 6.54. The van der Waals surface area contributed by atoms with Crippen molar-refractivity contribution in [2.24, 2.45) is 10.9 Å². The molecule has 0 aliphatic carbocycles. The SMILES string of the molecule is CCS(=O)(=O)CCCOc1ccc(/C(N)=N/O)cc1F. The molecule has 0 fully saturated rings. The van der Waals surface area contributed by atoms with Gasteiger partial charge in [0.2, 0.25) is 0 Å². The second-order valence-electron chi connectivity index (χ2n) is 4.07. The van der Waals surface area contributed by atoms with Crippen molar-refractivity contribution in [3.8, 4) is 5.75 Å². The molecule has 0 heterocycles. The zero-order valence-corrected chi connectivity index (χ0v) is 11.9. The van der Waals surface area contributed by atoms with Crippen molar-refractivity contribution in [2.75, 3.05) is 18.1 Å². The van der Waals surface area contributed by atoms with Crippen molar-refractivity contribution in [1.82, 2.24) is 0 Å². The summed E-state index contributed by atoms with van der Waals surface area (Å²) in [6, 6.07) is 3.86. The highest BCUT2D eigenvalue weighted by Gasteiger charge is 2.09. The van der Waals surface area contributed by atoms with Gasteiger partial charge in [0.15, 0.2) is 17.4 Å². The van der Waals surface area contributed by atoms with Crippen molar-refractivity contribution in [3.63, 3.8) is 0 Å². The number of benzene rings is 1. The molecule has 0 amide bonds. The molecule has 8 heteroatoms. The predicted molar refractivity (Wildman–Crippen MR) is 73.4 cm³/mol. The summed E-state index contributed by atoms with van der Waals surface area (Å²) in [6.07, 6.45) is 0.289. The number of sulfone groups is 1. The maximum absolute atomic E-state index is 13.6. The number of amidine groups is 1. The largest absolute Gasteiger partial charge is 0.490 e. The molecule has 0 saturated carbocycles. The molecule has 20 heavy (non-hydrogen) atoms. The molecule has 0 unspecified atom stereocenters. The van der Waals surface area contributed by atoms with Gasteiger partial charge < -0.3 is 15.7 Å². The van der Waals surface area contributed by atoms with Gasteiger partial charge >= 0.3 is 0 Å². The van der Waals surface area contributed by atoms with Gasteiger partial charge in [-0.3, -0.25) is 0 Å². The Morgan fingerprint density at radius 2 is 2.20 bits per heavy atom. The van der Waals surface area contributed by atoms with Crippen molar-refractivity contribution in [3.05, 3.63) is 29.6 Å². The fraction of sp³-hybridized carbons (Fsp3) is 0.417. The quantitative estimate of drug-likeness (QED) is 0.258. The zero-order chi connectivity index (χ0) is 15.2. The first-order valence-corrected chi connectivity index (χ1v) is 7.82. The van der Waals surface area contributed by atoms with E-state index in [1.54, 1.807) is 6.92 Å². The summed E-state index contributed by atoms with van der Waals surface area (Å²) in [6.45, 7) is 1.67. The molecule has 3 N–H and O–H groups in total. The fourth-order valence-electron chi connectivity index (χ4n) is 1.44. The number of halogens is 1. The van der Waals surface area contributed by atoms with Crippen LogP contribution in [0, 0.1) is 5.82 Å². The normalized spacial score (nSPS) is 12.4. The van der Waals surface area contributed by atoms with E-state index in [1.165, 1.54) is 12.1 Å². The van der Waals surface area contributed by atoms with Crippen LogP contribution in [-0.4, -0.2) is 37.6 Å². The Labute approximate surface area is 117 Å². The molecule has 0 aliphatic rings. The predicted octanol–water partition coefficient (Wildman–Crippen LogP) is 1.12. The van der Waals surface area contributed by atoms with Gasteiger partial charge in [-0.15, -0.1) is 0 Å². The Morgan fingerprint density at radius 1 is 1.50 bits per heavy atom. The van der Waals surface area contributed by atoms with Crippen LogP contribution < -0.4 is 10.5 Å². The topological polar surface area (TPSA) is 102 Å². The van der Waals surface area contributed by atoms with Crippen LogP contribution in [0.1, 0.15) is 18.9 Å². The van der Waals surface area contributed by atoms with Crippen molar-refractivity contribution in [1.29, 1.82) is 0 Å². The number of hydrogen-bond donors (Lipinski definition) is 2. The lowest BCUT2D eigenvalue weighted by Crippen LogP contribution is -2.14. The number of nitrogens with two attached hydrogens (primary N) is 1. The molecule has 1 aromatic carbocycles. The highest BCUT2D eigenvalue weighted by Crippen LogP contribution is 2.18. The van der Waals surface area contributed by atoms with Crippen molar-refractivity contribution >= 4 is 15.7 Å². The van der Waals surface area contributed by atoms with Gasteiger partial charge in [0.05, 0.1) is 12.4 Å². The molecular formula is C12H17FN2O4S. The molecule has 0 aromatic heterocycles. The number of oxime groups is 1. The van der Waals surface area contributed by atoms with E-state index >= 15 is 0 Å². The molecule has 0 bridgehead atoms. The number of rotatable bonds is 7. The van der Waals surface area contributed by atoms with Crippen molar-refractivity contribution < 1.29 is 22.8 Å². The first kappa shape index (κ1) is 16.2. The van der Waals surface area contributed by atoms with Crippen LogP contribution in [0.15, 0.2) is 23.4 Å². The van der Waals surface area contributed by atoms with E-state index in [9.17, 15) is 12.8 Å². The molecule has 1 aromatic rings. The van der Waals surface area contributed by atoms with Crippen LogP contribution in [0.2, 0.25) is 0 Å². The Kier molecular flexibility index (Phi) is 5.75. The van der Waals surface area contributed by atoms with Gasteiger partial charge in [-0.2, -0.15) is 0 Å². The van der Waals surface area contributed by atoms with Gasteiger partial charge in [0.1, 0.15) is 9.84 Å². The first-order chi connectivity index (χ1) is 9.39. The Hall–Kier alpha value is -1.83. The fourth-order valence-corrected chi connectivity index (χ4v) is 2.29. The number of hydrogen-bond acceptors (Lipinski definition) is 5. The van der Waals surface area contributed by atoms with Crippen molar-refractivity contribution in [2.45, 2.75) is 13.3 Å². The minimum atomic E-state index is -3.04. The molecule has 6 nitrogen and oxygen atoms in total. The number of nitrogens with zero attached hydrogens (tertiary/aromatic N) is 1. The van der Waals surface area contributed by atoms with E-state index in [2.05, 4.69) is 5.16 Å². The van der Waals surface area contributed by atoms with Crippen LogP contribution in [0.4, 0.5) is 4.39 Å². The van der Waals surface area contributed by atoms with E-state index < -0.39 is 15.7 Å². The van der Waals surface area contributed by atoms with Crippen LogP contribution >= 0.6 is 0 Å². The standard InChI is InChI=1S/C12H17FN2O4S/c1-2-20(17,18)7-3-6-19-11-5-4-9(8-10(11)13)12(14)15-16/h4-5,8,16H,2-3,6-7H2,1H3,(H2,14,15).